The lowest BCUT2D eigenvalue weighted by atomic mass is 10.1. The Morgan fingerprint density at radius 2 is 1.08 bits per heavy atom. The van der Waals surface area contributed by atoms with E-state index in [9.17, 15) is 0 Å². The van der Waals surface area contributed by atoms with Gasteiger partial charge in [0.25, 0.3) is 0 Å². The van der Waals surface area contributed by atoms with Crippen LogP contribution in [0, 0.1) is 0 Å². The topological polar surface area (TPSA) is 52.0 Å². The van der Waals surface area contributed by atoms with Gasteiger partial charge in [0.2, 0.25) is 0 Å². The molecular weight excluding hydrogens is 148 g/mol. The maximum atomic E-state index is 5.44. The van der Waals surface area contributed by atoms with Gasteiger partial charge in [0.15, 0.2) is 0 Å². The largest absolute Gasteiger partial charge is 0.330 e. The van der Waals surface area contributed by atoms with Gasteiger partial charge in [-0.25, -0.2) is 0 Å². The van der Waals surface area contributed by atoms with E-state index in [0.29, 0.717) is 0 Å². The Labute approximate surface area is 73.6 Å². The Balaban J connectivity index is 2.58. The molecule has 2 heteroatoms. The molecule has 0 heterocycles. The minimum atomic E-state index is 0.718. The molecule has 0 spiro atoms. The number of hydrogen-bond donors (Lipinski definition) is 2. The Hall–Kier alpha value is -0.860. The van der Waals surface area contributed by atoms with Crippen molar-refractivity contribution in [2.75, 3.05) is 13.1 Å². The normalized spacial score (nSPS) is 10.2. The van der Waals surface area contributed by atoms with Gasteiger partial charge in [0, 0.05) is 0 Å². The molecule has 1 aromatic carbocycles. The monoisotopic (exact) mass is 164 g/mol. The van der Waals surface area contributed by atoms with Crippen LogP contribution in [0.1, 0.15) is 11.1 Å². The molecule has 1 rings (SSSR count). The van der Waals surface area contributed by atoms with Crippen LogP contribution in [0.2, 0.25) is 0 Å². The number of nitrogens with two attached hydrogens (primary N) is 2. The van der Waals surface area contributed by atoms with Crippen molar-refractivity contribution in [3.63, 3.8) is 0 Å². The lowest BCUT2D eigenvalue weighted by Crippen LogP contribution is -2.04. The molecule has 0 unspecified atom stereocenters. The minimum Gasteiger partial charge on any atom is -0.330 e. The second kappa shape index (κ2) is 4.91. The Morgan fingerprint density at radius 3 is 1.33 bits per heavy atom. The molecule has 2 nitrogen and oxygen atoms in total. The van der Waals surface area contributed by atoms with E-state index in [1.807, 2.05) is 0 Å². The van der Waals surface area contributed by atoms with E-state index in [-0.39, 0.29) is 0 Å². The molecule has 0 aliphatic carbocycles. The zero-order chi connectivity index (χ0) is 8.81. The summed E-state index contributed by atoms with van der Waals surface area (Å²) in [6, 6.07) is 8.49. The van der Waals surface area contributed by atoms with Crippen molar-refractivity contribution in [2.45, 2.75) is 12.8 Å². The molecule has 0 aliphatic rings. The van der Waals surface area contributed by atoms with E-state index in [4.69, 9.17) is 11.5 Å². The number of rotatable bonds is 4. The fourth-order valence-electron chi connectivity index (χ4n) is 1.21. The van der Waals surface area contributed by atoms with Crippen LogP contribution in [0.3, 0.4) is 0 Å². The average molecular weight is 164 g/mol. The third-order valence-corrected chi connectivity index (χ3v) is 1.89. The zero-order valence-electron chi connectivity index (χ0n) is 7.29. The highest BCUT2D eigenvalue weighted by molar-refractivity contribution is 5.22. The van der Waals surface area contributed by atoms with E-state index < -0.39 is 0 Å². The number of benzene rings is 1. The van der Waals surface area contributed by atoms with Gasteiger partial charge in [-0.2, -0.15) is 0 Å². The van der Waals surface area contributed by atoms with Gasteiger partial charge in [-0.3, -0.25) is 0 Å². The molecule has 0 saturated carbocycles. The SMILES string of the molecule is NCCc1ccc(CCN)cc1. The van der Waals surface area contributed by atoms with Crippen LogP contribution in [0.4, 0.5) is 0 Å². The van der Waals surface area contributed by atoms with Crippen LogP contribution < -0.4 is 11.5 Å². The first-order chi connectivity index (χ1) is 5.86. The van der Waals surface area contributed by atoms with Gasteiger partial charge in [-0.15, -0.1) is 0 Å². The van der Waals surface area contributed by atoms with Crippen LogP contribution in [0.5, 0.6) is 0 Å². The van der Waals surface area contributed by atoms with Crippen molar-refractivity contribution in [3.8, 4) is 0 Å². The van der Waals surface area contributed by atoms with Gasteiger partial charge in [0.05, 0.1) is 0 Å². The van der Waals surface area contributed by atoms with Gasteiger partial charge >= 0.3 is 0 Å². The summed E-state index contributed by atoms with van der Waals surface area (Å²) in [6.07, 6.45) is 1.92. The quantitative estimate of drug-likeness (QED) is 0.688. The van der Waals surface area contributed by atoms with E-state index in [2.05, 4.69) is 24.3 Å². The van der Waals surface area contributed by atoms with Crippen LogP contribution in [-0.4, -0.2) is 13.1 Å². The van der Waals surface area contributed by atoms with Crippen LogP contribution in [0.15, 0.2) is 24.3 Å². The van der Waals surface area contributed by atoms with Crippen LogP contribution in [0.25, 0.3) is 0 Å². The fourth-order valence-corrected chi connectivity index (χ4v) is 1.21. The fraction of sp³-hybridized carbons (Fsp3) is 0.400. The Bertz CT molecular complexity index is 191. The maximum Gasteiger partial charge on any atom is -0.00367 e. The van der Waals surface area contributed by atoms with Gasteiger partial charge in [-0.05, 0) is 37.1 Å². The zero-order valence-corrected chi connectivity index (χ0v) is 7.29. The summed E-state index contributed by atoms with van der Waals surface area (Å²) in [5.74, 6) is 0. The first-order valence-electron chi connectivity index (χ1n) is 4.34. The van der Waals surface area contributed by atoms with Gasteiger partial charge in [-0.1, -0.05) is 24.3 Å². The molecule has 0 aromatic heterocycles. The average Bonchev–Trinajstić information content (AvgIpc) is 2.09. The van der Waals surface area contributed by atoms with E-state index in [1.54, 1.807) is 0 Å². The molecule has 0 radical (unpaired) electrons. The maximum absolute atomic E-state index is 5.44. The first kappa shape index (κ1) is 9.23. The highest BCUT2D eigenvalue weighted by Gasteiger charge is 1.92. The van der Waals surface area contributed by atoms with Gasteiger partial charge in [0.1, 0.15) is 0 Å². The van der Waals surface area contributed by atoms with E-state index in [0.717, 1.165) is 25.9 Å². The lowest BCUT2D eigenvalue weighted by Gasteiger charge is -2.01. The molecule has 1 aromatic rings. The van der Waals surface area contributed by atoms with Crippen molar-refractivity contribution < 1.29 is 0 Å². The first-order valence-corrected chi connectivity index (χ1v) is 4.34. The van der Waals surface area contributed by atoms with Crippen molar-refractivity contribution >= 4 is 0 Å². The summed E-state index contributed by atoms with van der Waals surface area (Å²) in [5, 5.41) is 0. The lowest BCUT2D eigenvalue weighted by molar-refractivity contribution is 0.949. The second-order valence-electron chi connectivity index (χ2n) is 2.89. The molecule has 12 heavy (non-hydrogen) atoms. The van der Waals surface area contributed by atoms with E-state index >= 15 is 0 Å². The molecule has 0 bridgehead atoms. The summed E-state index contributed by atoms with van der Waals surface area (Å²) < 4.78 is 0. The summed E-state index contributed by atoms with van der Waals surface area (Å²) >= 11 is 0. The molecule has 0 amide bonds. The molecule has 4 N–H and O–H groups in total. The van der Waals surface area contributed by atoms with Crippen molar-refractivity contribution in [3.05, 3.63) is 35.4 Å². The highest BCUT2D eigenvalue weighted by atomic mass is 14.5. The summed E-state index contributed by atoms with van der Waals surface area (Å²) in [4.78, 5) is 0. The smallest absolute Gasteiger partial charge is 0.00367 e. The van der Waals surface area contributed by atoms with Crippen molar-refractivity contribution in [1.29, 1.82) is 0 Å². The van der Waals surface area contributed by atoms with Crippen molar-refractivity contribution in [2.24, 2.45) is 11.5 Å². The van der Waals surface area contributed by atoms with Crippen molar-refractivity contribution in [1.82, 2.24) is 0 Å². The third kappa shape index (κ3) is 2.64. The Morgan fingerprint density at radius 1 is 0.750 bits per heavy atom. The summed E-state index contributed by atoms with van der Waals surface area (Å²) in [5.41, 5.74) is 13.5. The van der Waals surface area contributed by atoms with Crippen LogP contribution in [-0.2, 0) is 12.8 Å². The third-order valence-electron chi connectivity index (χ3n) is 1.89. The molecule has 0 aliphatic heterocycles. The standard InChI is InChI=1S/C10H16N2/c11-7-5-9-1-2-10(4-3-9)6-8-12/h1-4H,5-8,11-12H2. The molecule has 0 fully saturated rings. The Kier molecular flexibility index (Phi) is 3.77. The van der Waals surface area contributed by atoms with Gasteiger partial charge < -0.3 is 11.5 Å². The molecule has 0 atom stereocenters. The second-order valence-corrected chi connectivity index (χ2v) is 2.89. The molecular formula is C10H16N2. The minimum absolute atomic E-state index is 0.718. The van der Waals surface area contributed by atoms with Crippen LogP contribution >= 0.6 is 0 Å². The molecule has 66 valence electrons. The summed E-state index contributed by atoms with van der Waals surface area (Å²) in [7, 11) is 0. The highest BCUT2D eigenvalue weighted by Crippen LogP contribution is 2.04. The summed E-state index contributed by atoms with van der Waals surface area (Å²) in [6.45, 7) is 1.44. The number of hydrogen-bond acceptors (Lipinski definition) is 2. The predicted octanol–water partition coefficient (Wildman–Crippen LogP) is 0.689. The predicted molar refractivity (Wildman–Crippen MR) is 52.0 cm³/mol. The molecule has 0 saturated heterocycles. The van der Waals surface area contributed by atoms with E-state index in [1.165, 1.54) is 11.1 Å².